The quantitative estimate of drug-likeness (QED) is 0.436. The van der Waals surface area contributed by atoms with Crippen molar-refractivity contribution in [3.63, 3.8) is 0 Å². The van der Waals surface area contributed by atoms with Gasteiger partial charge in [0.25, 0.3) is 21.0 Å². The minimum Gasteiger partial charge on any atom is -0.350 e. The van der Waals surface area contributed by atoms with E-state index in [0.717, 1.165) is 12.1 Å². The van der Waals surface area contributed by atoms with Gasteiger partial charge in [0, 0.05) is 56.2 Å². The fourth-order valence-corrected chi connectivity index (χ4v) is 6.63. The molecule has 2 aliphatic heterocycles. The van der Waals surface area contributed by atoms with E-state index in [4.69, 9.17) is 11.6 Å². The molecule has 0 bridgehead atoms. The Morgan fingerprint density at radius 3 is 2.24 bits per heavy atom. The second-order valence-electron chi connectivity index (χ2n) is 9.50. The molecular formula is C22H26ClF5N5O3S+. The second kappa shape index (κ2) is 9.86. The summed E-state index contributed by atoms with van der Waals surface area (Å²) in [4.78, 5) is 14.7. The summed E-state index contributed by atoms with van der Waals surface area (Å²) < 4.78 is 94.8. The van der Waals surface area contributed by atoms with Crippen molar-refractivity contribution in [3.05, 3.63) is 34.3 Å². The maximum Gasteiger partial charge on any atom is 0.416 e. The highest BCUT2D eigenvalue weighted by molar-refractivity contribution is 8.04. The number of benzene rings is 1. The Kier molecular flexibility index (Phi) is 7.42. The van der Waals surface area contributed by atoms with Gasteiger partial charge in [0.2, 0.25) is 12.5 Å². The van der Waals surface area contributed by atoms with E-state index in [1.807, 2.05) is 4.90 Å². The Morgan fingerprint density at radius 2 is 1.73 bits per heavy atom. The monoisotopic (exact) mass is 570 g/mol. The van der Waals surface area contributed by atoms with Gasteiger partial charge in [-0.05, 0) is 31.0 Å². The van der Waals surface area contributed by atoms with Crippen LogP contribution in [0.3, 0.4) is 0 Å². The van der Waals surface area contributed by atoms with Crippen molar-refractivity contribution in [2.45, 2.75) is 43.3 Å². The Labute approximate surface area is 215 Å². The third-order valence-electron chi connectivity index (χ3n) is 7.15. The average molecular weight is 571 g/mol. The lowest BCUT2D eigenvalue weighted by atomic mass is 9.78. The lowest BCUT2D eigenvalue weighted by Crippen LogP contribution is -2.64. The second-order valence-corrected chi connectivity index (χ2v) is 11.8. The van der Waals surface area contributed by atoms with Gasteiger partial charge < -0.3 is 5.32 Å². The summed E-state index contributed by atoms with van der Waals surface area (Å²) in [6.07, 6.45) is -5.32. The summed E-state index contributed by atoms with van der Waals surface area (Å²) in [5.74, 6) is -3.57. The molecule has 4 rings (SSSR count). The summed E-state index contributed by atoms with van der Waals surface area (Å²) in [5.41, 5.74) is -2.03. The molecule has 37 heavy (non-hydrogen) atoms. The van der Waals surface area contributed by atoms with Gasteiger partial charge in [0.1, 0.15) is 0 Å². The number of amides is 1. The topological polar surface area (TPSA) is 85.1 Å². The molecule has 0 radical (unpaired) electrons. The minimum atomic E-state index is -4.62. The van der Waals surface area contributed by atoms with Crippen molar-refractivity contribution in [1.29, 1.82) is 0 Å². The molecule has 0 spiro atoms. The van der Waals surface area contributed by atoms with Crippen LogP contribution in [-0.4, -0.2) is 90.7 Å². The third-order valence-corrected chi connectivity index (χ3v) is 9.31. The van der Waals surface area contributed by atoms with E-state index in [2.05, 4.69) is 17.1 Å². The van der Waals surface area contributed by atoms with Crippen molar-refractivity contribution in [2.24, 2.45) is 5.10 Å². The Morgan fingerprint density at radius 1 is 1.14 bits per heavy atom. The molecular weight excluding hydrogens is 545 g/mol. The van der Waals surface area contributed by atoms with E-state index < -0.39 is 52.0 Å². The zero-order valence-electron chi connectivity index (χ0n) is 19.7. The number of nitrogens with one attached hydrogen (secondary N) is 1. The summed E-state index contributed by atoms with van der Waals surface area (Å²) in [6, 6.07) is 2.38. The van der Waals surface area contributed by atoms with Crippen molar-refractivity contribution >= 4 is 39.3 Å². The van der Waals surface area contributed by atoms with Crippen LogP contribution >= 0.6 is 11.6 Å². The van der Waals surface area contributed by atoms with Crippen LogP contribution in [0.15, 0.2) is 23.3 Å². The molecule has 8 nitrogen and oxygen atoms in total. The Bertz CT molecular complexity index is 1220. The van der Waals surface area contributed by atoms with Gasteiger partial charge in [0.05, 0.1) is 16.1 Å². The summed E-state index contributed by atoms with van der Waals surface area (Å²) in [5, 5.41) is 6.10. The molecule has 1 aliphatic carbocycles. The number of hydrogen-bond acceptors (Lipinski definition) is 5. The molecule has 0 unspecified atom stereocenters. The molecule has 0 aromatic heterocycles. The molecule has 1 aromatic carbocycles. The molecule has 1 amide bonds. The van der Waals surface area contributed by atoms with Gasteiger partial charge in [-0.25, -0.2) is 17.2 Å². The molecule has 3 aliphatic rings. The van der Waals surface area contributed by atoms with Crippen LogP contribution < -0.4 is 5.32 Å². The SMILES string of the molecule is C=[N+]1CC(S(=O)(=O)N2CCN(C3(CNC(=O)c4ccc(C(F)(F)F)cc4Cl)CCC(F)(F)CC3)CC2)=N1. The van der Waals surface area contributed by atoms with Crippen molar-refractivity contribution in [1.82, 2.24) is 14.5 Å². The van der Waals surface area contributed by atoms with Gasteiger partial charge in [-0.1, -0.05) is 16.3 Å². The number of rotatable bonds is 5. The van der Waals surface area contributed by atoms with Gasteiger partial charge in [-0.15, -0.1) is 0 Å². The van der Waals surface area contributed by atoms with E-state index in [0.29, 0.717) is 6.07 Å². The number of carbonyl (C=O) groups excluding carboxylic acids is 1. The van der Waals surface area contributed by atoms with Crippen LogP contribution in [0.5, 0.6) is 0 Å². The van der Waals surface area contributed by atoms with E-state index in [1.165, 1.54) is 8.99 Å². The number of sulfonamides is 1. The first-order chi connectivity index (χ1) is 17.1. The normalized spacial score (nSPS) is 22.8. The number of piperazine rings is 1. The molecule has 1 aromatic rings. The molecule has 1 saturated carbocycles. The van der Waals surface area contributed by atoms with Crippen molar-refractivity contribution in [2.75, 3.05) is 39.3 Å². The zero-order chi connectivity index (χ0) is 27.2. The number of hydrazone groups is 1. The summed E-state index contributed by atoms with van der Waals surface area (Å²) in [7, 11) is -3.74. The van der Waals surface area contributed by atoms with Crippen molar-refractivity contribution in [3.8, 4) is 0 Å². The average Bonchev–Trinajstić information content (AvgIpc) is 2.81. The van der Waals surface area contributed by atoms with Crippen LogP contribution in [0.1, 0.15) is 41.6 Å². The lowest BCUT2D eigenvalue weighted by molar-refractivity contribution is -0.532. The van der Waals surface area contributed by atoms with Crippen LogP contribution in [0.2, 0.25) is 5.02 Å². The van der Waals surface area contributed by atoms with E-state index in [9.17, 15) is 35.2 Å². The number of nitrogens with zero attached hydrogens (tertiary/aromatic N) is 4. The van der Waals surface area contributed by atoms with Crippen LogP contribution in [0, 0.1) is 0 Å². The first-order valence-electron chi connectivity index (χ1n) is 11.6. The lowest BCUT2D eigenvalue weighted by Gasteiger charge is -2.50. The molecule has 1 saturated heterocycles. The predicted octanol–water partition coefficient (Wildman–Crippen LogP) is 3.02. The zero-order valence-corrected chi connectivity index (χ0v) is 21.3. The first kappa shape index (κ1) is 27.9. The van der Waals surface area contributed by atoms with Crippen molar-refractivity contribution < 1.29 is 39.8 Å². The highest BCUT2D eigenvalue weighted by atomic mass is 35.5. The smallest absolute Gasteiger partial charge is 0.350 e. The maximum absolute atomic E-state index is 14.0. The van der Waals surface area contributed by atoms with Crippen LogP contribution in [-0.2, 0) is 16.2 Å². The highest BCUT2D eigenvalue weighted by Crippen LogP contribution is 2.42. The predicted molar refractivity (Wildman–Crippen MR) is 127 cm³/mol. The van der Waals surface area contributed by atoms with Gasteiger partial charge in [0.15, 0.2) is 6.72 Å². The molecule has 204 valence electrons. The van der Waals surface area contributed by atoms with Gasteiger partial charge in [-0.3, -0.25) is 9.69 Å². The fraction of sp³-hybridized carbons (Fsp3) is 0.591. The molecule has 2 heterocycles. The minimum absolute atomic E-state index is 0.0173. The van der Waals surface area contributed by atoms with Gasteiger partial charge in [-0.2, -0.15) is 17.5 Å². The van der Waals surface area contributed by atoms with E-state index in [1.54, 1.807) is 0 Å². The number of carbonyl (C=O) groups is 1. The number of halogens is 6. The largest absolute Gasteiger partial charge is 0.416 e. The first-order valence-corrected chi connectivity index (χ1v) is 13.4. The van der Waals surface area contributed by atoms with E-state index >= 15 is 0 Å². The molecule has 1 N–H and O–H groups in total. The standard InChI is InChI=1S/C22H25ClF5N5O3S/c1-31-13-18(30-31)37(35,36)33-10-8-32(9-11-33)20(4-6-21(24,25)7-5-20)14-29-19(34)16-3-2-15(12-17(16)23)22(26,27)28/h2-3,12H,1,4-11,13-14H2/p+1. The summed E-state index contributed by atoms with van der Waals surface area (Å²) >= 11 is 5.93. The number of alkyl halides is 5. The number of hydrogen-bond donors (Lipinski definition) is 1. The van der Waals surface area contributed by atoms with E-state index in [-0.39, 0.29) is 67.7 Å². The third kappa shape index (κ3) is 5.81. The maximum atomic E-state index is 14.0. The highest BCUT2D eigenvalue weighted by Gasteiger charge is 2.49. The fourth-order valence-electron chi connectivity index (χ4n) is 4.89. The van der Waals surface area contributed by atoms with Crippen LogP contribution in [0.4, 0.5) is 22.0 Å². The molecule has 2 fully saturated rings. The Balaban J connectivity index is 1.47. The summed E-state index contributed by atoms with van der Waals surface area (Å²) in [6.45, 7) is 4.34. The molecule has 15 heteroatoms. The van der Waals surface area contributed by atoms with Crippen LogP contribution in [0.25, 0.3) is 0 Å². The van der Waals surface area contributed by atoms with Gasteiger partial charge >= 0.3 is 6.18 Å². The Hall–Kier alpha value is -2.16. The molecule has 0 atom stereocenters.